The summed E-state index contributed by atoms with van der Waals surface area (Å²) < 4.78 is 0. The molecule has 66 valence electrons. The van der Waals surface area contributed by atoms with Crippen LogP contribution in [0.1, 0.15) is 21.3 Å². The van der Waals surface area contributed by atoms with E-state index in [-0.39, 0.29) is 7.43 Å². The Kier molecular flexibility index (Phi) is 10.6. The number of hydrogen-bond donors (Lipinski definition) is 0. The molecule has 0 aliphatic rings. The van der Waals surface area contributed by atoms with Crippen LogP contribution in [-0.4, -0.2) is 6.08 Å². The normalized spacial score (nSPS) is 6.50. The van der Waals surface area contributed by atoms with Crippen molar-refractivity contribution in [3.8, 4) is 0 Å². The highest BCUT2D eigenvalue weighted by Crippen LogP contribution is 2.06. The lowest BCUT2D eigenvalue weighted by molar-refractivity contribution is 0.565. The quantitative estimate of drug-likeness (QED) is 0.463. The molecule has 0 heterocycles. The second-order valence-electron chi connectivity index (χ2n) is 1.54. The molecular weight excluding hydrogens is 150 g/mol. The number of nitrogens with zero attached hydrogens (tertiary/aromatic N) is 1. The van der Waals surface area contributed by atoms with Gasteiger partial charge in [-0.25, -0.2) is 4.79 Å². The van der Waals surface area contributed by atoms with E-state index in [4.69, 9.17) is 0 Å². The van der Waals surface area contributed by atoms with Crippen LogP contribution in [0.15, 0.2) is 35.3 Å². The van der Waals surface area contributed by atoms with Crippen LogP contribution in [0.3, 0.4) is 0 Å². The first kappa shape index (κ1) is 13.2. The van der Waals surface area contributed by atoms with Gasteiger partial charge in [-0.1, -0.05) is 39.5 Å². The van der Waals surface area contributed by atoms with E-state index in [1.807, 2.05) is 32.0 Å². The molecule has 1 aromatic rings. The molecule has 0 aromatic heterocycles. The highest BCUT2D eigenvalue weighted by atomic mass is 16.1. The molecular formula is C10H15NO. The SMILES string of the molecule is C.CC.O=C=Nc1ccccc1. The van der Waals surface area contributed by atoms with E-state index in [0.717, 1.165) is 0 Å². The zero-order valence-corrected chi connectivity index (χ0v) is 6.74. The van der Waals surface area contributed by atoms with Crippen LogP contribution in [0, 0.1) is 0 Å². The fourth-order valence-corrected chi connectivity index (χ4v) is 0.555. The monoisotopic (exact) mass is 165 g/mol. The fraction of sp³-hybridized carbons (Fsp3) is 0.300. The predicted molar refractivity (Wildman–Crippen MR) is 52.3 cm³/mol. The number of carbonyl (C=O) groups excluding carboxylic acids is 1. The Morgan fingerprint density at radius 3 is 2.08 bits per heavy atom. The molecule has 2 heteroatoms. The van der Waals surface area contributed by atoms with Gasteiger partial charge in [0, 0.05) is 0 Å². The van der Waals surface area contributed by atoms with E-state index in [0.29, 0.717) is 5.69 Å². The summed E-state index contributed by atoms with van der Waals surface area (Å²) in [6.45, 7) is 4.00. The average Bonchev–Trinajstić information content (AvgIpc) is 2.11. The van der Waals surface area contributed by atoms with Gasteiger partial charge in [-0.15, -0.1) is 0 Å². The summed E-state index contributed by atoms with van der Waals surface area (Å²) in [4.78, 5) is 13.1. The molecule has 1 rings (SSSR count). The van der Waals surface area contributed by atoms with Gasteiger partial charge in [0.2, 0.25) is 6.08 Å². The van der Waals surface area contributed by atoms with Crippen molar-refractivity contribution in [1.82, 2.24) is 0 Å². The maximum atomic E-state index is 9.68. The number of hydrogen-bond acceptors (Lipinski definition) is 2. The minimum atomic E-state index is 0. The Hall–Kier alpha value is -1.40. The largest absolute Gasteiger partial charge is 0.240 e. The third-order valence-electron chi connectivity index (χ3n) is 0.931. The Morgan fingerprint density at radius 1 is 1.17 bits per heavy atom. The lowest BCUT2D eigenvalue weighted by Crippen LogP contribution is -1.59. The van der Waals surface area contributed by atoms with Gasteiger partial charge in [0.25, 0.3) is 0 Å². The van der Waals surface area contributed by atoms with Gasteiger partial charge in [0.05, 0.1) is 5.69 Å². The summed E-state index contributed by atoms with van der Waals surface area (Å²) in [6, 6.07) is 8.98. The maximum Gasteiger partial charge on any atom is 0.240 e. The van der Waals surface area contributed by atoms with Crippen LogP contribution in [0.2, 0.25) is 0 Å². The average molecular weight is 165 g/mol. The molecule has 0 atom stereocenters. The van der Waals surface area contributed by atoms with Gasteiger partial charge in [0.15, 0.2) is 0 Å². The van der Waals surface area contributed by atoms with Crippen LogP contribution in [-0.2, 0) is 4.79 Å². The first-order chi connectivity index (χ1) is 5.43. The van der Waals surface area contributed by atoms with Crippen LogP contribution in [0.25, 0.3) is 0 Å². The third kappa shape index (κ3) is 5.39. The topological polar surface area (TPSA) is 29.4 Å². The maximum absolute atomic E-state index is 9.68. The summed E-state index contributed by atoms with van der Waals surface area (Å²) in [7, 11) is 0. The molecule has 1 aromatic carbocycles. The van der Waals surface area contributed by atoms with Crippen LogP contribution < -0.4 is 0 Å². The second kappa shape index (κ2) is 9.60. The summed E-state index contributed by atoms with van der Waals surface area (Å²) >= 11 is 0. The highest BCUT2D eigenvalue weighted by Gasteiger charge is 1.79. The first-order valence-electron chi connectivity index (χ1n) is 3.56. The molecule has 0 radical (unpaired) electrons. The number of rotatable bonds is 1. The van der Waals surface area contributed by atoms with E-state index >= 15 is 0 Å². The first-order valence-corrected chi connectivity index (χ1v) is 3.56. The predicted octanol–water partition coefficient (Wildman–Crippen LogP) is 3.32. The summed E-state index contributed by atoms with van der Waals surface area (Å²) in [5.74, 6) is 0. The Morgan fingerprint density at radius 2 is 1.67 bits per heavy atom. The Balaban J connectivity index is 0. The summed E-state index contributed by atoms with van der Waals surface area (Å²) in [5, 5.41) is 0. The third-order valence-corrected chi connectivity index (χ3v) is 0.931. The van der Waals surface area contributed by atoms with Crippen molar-refractivity contribution in [3.05, 3.63) is 30.3 Å². The van der Waals surface area contributed by atoms with Crippen molar-refractivity contribution in [3.63, 3.8) is 0 Å². The molecule has 0 saturated carbocycles. The molecule has 12 heavy (non-hydrogen) atoms. The molecule has 0 aliphatic carbocycles. The fourth-order valence-electron chi connectivity index (χ4n) is 0.555. The van der Waals surface area contributed by atoms with Crippen molar-refractivity contribution < 1.29 is 4.79 Å². The second-order valence-corrected chi connectivity index (χ2v) is 1.54. The molecule has 0 unspecified atom stereocenters. The van der Waals surface area contributed by atoms with Crippen LogP contribution in [0.4, 0.5) is 5.69 Å². The van der Waals surface area contributed by atoms with Crippen molar-refractivity contribution in [1.29, 1.82) is 0 Å². The van der Waals surface area contributed by atoms with E-state index in [1.165, 1.54) is 6.08 Å². The molecule has 0 amide bonds. The van der Waals surface area contributed by atoms with E-state index in [9.17, 15) is 4.79 Å². The van der Waals surface area contributed by atoms with E-state index in [1.54, 1.807) is 12.1 Å². The van der Waals surface area contributed by atoms with Crippen LogP contribution in [0.5, 0.6) is 0 Å². The summed E-state index contributed by atoms with van der Waals surface area (Å²) in [5.41, 5.74) is 0.646. The highest BCUT2D eigenvalue weighted by molar-refractivity contribution is 5.47. The lowest BCUT2D eigenvalue weighted by Gasteiger charge is -1.83. The standard InChI is InChI=1S/C7H5NO.C2H6.CH4/c9-6-8-7-4-2-1-3-5-7;1-2;/h1-5H;1-2H3;1H4. The number of aliphatic imine (C=N–C) groups is 1. The van der Waals surface area contributed by atoms with Gasteiger partial charge in [-0.2, -0.15) is 4.99 Å². The smallest absolute Gasteiger partial charge is 0.211 e. The molecule has 0 saturated heterocycles. The zero-order valence-electron chi connectivity index (χ0n) is 6.74. The molecule has 2 nitrogen and oxygen atoms in total. The van der Waals surface area contributed by atoms with Gasteiger partial charge in [-0.3, -0.25) is 0 Å². The van der Waals surface area contributed by atoms with Gasteiger partial charge < -0.3 is 0 Å². The van der Waals surface area contributed by atoms with E-state index < -0.39 is 0 Å². The molecule has 0 spiro atoms. The molecule has 0 N–H and O–H groups in total. The lowest BCUT2D eigenvalue weighted by atomic mass is 10.3. The minimum absolute atomic E-state index is 0. The van der Waals surface area contributed by atoms with Crippen molar-refractivity contribution in [2.75, 3.05) is 0 Å². The molecule has 0 bridgehead atoms. The Bertz CT molecular complexity index is 225. The minimum Gasteiger partial charge on any atom is -0.211 e. The zero-order chi connectivity index (χ0) is 8.53. The molecule has 0 fully saturated rings. The number of isocyanates is 1. The van der Waals surface area contributed by atoms with Crippen molar-refractivity contribution in [2.24, 2.45) is 4.99 Å². The van der Waals surface area contributed by atoms with Crippen molar-refractivity contribution in [2.45, 2.75) is 21.3 Å². The number of benzene rings is 1. The number of para-hydroxylation sites is 1. The van der Waals surface area contributed by atoms with Gasteiger partial charge in [0.1, 0.15) is 0 Å². The van der Waals surface area contributed by atoms with Crippen LogP contribution >= 0.6 is 0 Å². The molecule has 0 aliphatic heterocycles. The van der Waals surface area contributed by atoms with Crippen molar-refractivity contribution >= 4 is 11.8 Å². The Labute approximate surface area is 74.0 Å². The van der Waals surface area contributed by atoms with Gasteiger partial charge >= 0.3 is 0 Å². The summed E-state index contributed by atoms with van der Waals surface area (Å²) in [6.07, 6.45) is 1.46. The van der Waals surface area contributed by atoms with E-state index in [2.05, 4.69) is 4.99 Å². The van der Waals surface area contributed by atoms with Gasteiger partial charge in [-0.05, 0) is 12.1 Å².